The second-order valence-electron chi connectivity index (χ2n) is 7.40. The van der Waals surface area contributed by atoms with E-state index in [1.54, 1.807) is 11.8 Å². The van der Waals surface area contributed by atoms with Crippen molar-refractivity contribution in [1.82, 2.24) is 15.1 Å². The minimum atomic E-state index is -0.0751. The van der Waals surface area contributed by atoms with Crippen LogP contribution in [0.1, 0.15) is 25.3 Å². The van der Waals surface area contributed by atoms with Gasteiger partial charge >= 0.3 is 0 Å². The molecule has 10 heteroatoms. The first-order valence-corrected chi connectivity index (χ1v) is 13.0. The molecular formula is C20H25N5O2S3. The molecule has 4 rings (SSSR count). The van der Waals surface area contributed by atoms with Crippen LogP contribution in [-0.2, 0) is 16.1 Å². The maximum absolute atomic E-state index is 12.4. The Morgan fingerprint density at radius 1 is 1.27 bits per heavy atom. The van der Waals surface area contributed by atoms with Crippen LogP contribution in [0, 0.1) is 0 Å². The quantitative estimate of drug-likeness (QED) is 0.475. The van der Waals surface area contributed by atoms with Crippen LogP contribution in [-0.4, -0.2) is 63.3 Å². The summed E-state index contributed by atoms with van der Waals surface area (Å²) in [7, 11) is 0. The molecule has 0 unspecified atom stereocenters. The molecule has 0 atom stereocenters. The van der Waals surface area contributed by atoms with Gasteiger partial charge in [-0.2, -0.15) is 11.8 Å². The van der Waals surface area contributed by atoms with Crippen LogP contribution >= 0.6 is 34.9 Å². The number of benzene rings is 1. The number of carbonyl (C=O) groups is 2. The van der Waals surface area contributed by atoms with Gasteiger partial charge in [0.05, 0.1) is 5.75 Å². The highest BCUT2D eigenvalue weighted by molar-refractivity contribution is 8.01. The molecule has 0 radical (unpaired) electrons. The van der Waals surface area contributed by atoms with Crippen molar-refractivity contribution >= 4 is 57.5 Å². The van der Waals surface area contributed by atoms with Gasteiger partial charge < -0.3 is 5.32 Å². The van der Waals surface area contributed by atoms with Crippen LogP contribution in [0.5, 0.6) is 0 Å². The number of carbonyl (C=O) groups excluding carboxylic acids is 2. The van der Waals surface area contributed by atoms with Crippen LogP contribution in [0.3, 0.4) is 0 Å². The molecule has 1 saturated heterocycles. The van der Waals surface area contributed by atoms with Gasteiger partial charge in [-0.15, -0.1) is 10.2 Å². The lowest BCUT2D eigenvalue weighted by molar-refractivity contribution is -0.116. The van der Waals surface area contributed by atoms with Gasteiger partial charge in [0.15, 0.2) is 4.34 Å². The van der Waals surface area contributed by atoms with E-state index < -0.39 is 0 Å². The molecule has 1 aromatic carbocycles. The van der Waals surface area contributed by atoms with E-state index in [0.29, 0.717) is 9.47 Å². The summed E-state index contributed by atoms with van der Waals surface area (Å²) in [5.41, 5.74) is 2.03. The lowest BCUT2D eigenvalue weighted by Crippen LogP contribution is -2.31. The highest BCUT2D eigenvalue weighted by Gasteiger charge is 2.34. The van der Waals surface area contributed by atoms with Crippen molar-refractivity contribution in [2.75, 3.05) is 40.6 Å². The highest BCUT2D eigenvalue weighted by Crippen LogP contribution is 2.35. The lowest BCUT2D eigenvalue weighted by Gasteiger charge is -2.26. The Kier molecular flexibility index (Phi) is 7.29. The Morgan fingerprint density at radius 2 is 2.07 bits per heavy atom. The summed E-state index contributed by atoms with van der Waals surface area (Å²) in [5.74, 6) is 2.54. The van der Waals surface area contributed by atoms with Gasteiger partial charge in [0.2, 0.25) is 16.9 Å². The molecule has 2 fully saturated rings. The molecule has 2 aliphatic rings. The molecule has 1 aliphatic heterocycles. The Labute approximate surface area is 189 Å². The Bertz CT molecular complexity index is 896. The molecular weight excluding hydrogens is 438 g/mol. The van der Waals surface area contributed by atoms with Gasteiger partial charge in [-0.05, 0) is 30.5 Å². The van der Waals surface area contributed by atoms with Gasteiger partial charge in [-0.3, -0.25) is 19.4 Å². The fraction of sp³-hybridized carbons (Fsp3) is 0.500. The summed E-state index contributed by atoms with van der Waals surface area (Å²) < 4.78 is 0.698. The van der Waals surface area contributed by atoms with E-state index in [1.165, 1.54) is 40.2 Å². The fourth-order valence-electron chi connectivity index (χ4n) is 3.33. The molecule has 1 aliphatic carbocycles. The third kappa shape index (κ3) is 5.96. The predicted octanol–water partition coefficient (Wildman–Crippen LogP) is 3.33. The highest BCUT2D eigenvalue weighted by atomic mass is 32.2. The zero-order chi connectivity index (χ0) is 20.9. The van der Waals surface area contributed by atoms with Crippen LogP contribution < -0.4 is 10.2 Å². The third-order valence-corrected chi connectivity index (χ3v) is 7.90. The molecule has 2 heterocycles. The van der Waals surface area contributed by atoms with Crippen molar-refractivity contribution < 1.29 is 9.59 Å². The molecule has 2 aromatic rings. The van der Waals surface area contributed by atoms with E-state index in [0.717, 1.165) is 38.2 Å². The van der Waals surface area contributed by atoms with Gasteiger partial charge in [-0.1, -0.05) is 35.2 Å². The summed E-state index contributed by atoms with van der Waals surface area (Å²) in [6, 6.07) is 8.32. The number of aromatic nitrogens is 2. The van der Waals surface area contributed by atoms with Crippen molar-refractivity contribution in [2.45, 2.75) is 36.7 Å². The first kappa shape index (κ1) is 21.6. The minimum Gasteiger partial charge on any atom is -0.325 e. The normalized spacial score (nSPS) is 17.0. The summed E-state index contributed by atoms with van der Waals surface area (Å²) in [4.78, 5) is 28.4. The molecule has 1 aromatic heterocycles. The SMILES string of the molecule is CC(=O)N(c1nnc(SCC(=O)Nc2cccc(CN3CCSCC3)c2)s1)C1CC1. The predicted molar refractivity (Wildman–Crippen MR) is 124 cm³/mol. The summed E-state index contributed by atoms with van der Waals surface area (Å²) in [6.45, 7) is 4.70. The first-order chi connectivity index (χ1) is 14.6. The molecule has 160 valence electrons. The van der Waals surface area contributed by atoms with E-state index >= 15 is 0 Å². The lowest BCUT2D eigenvalue weighted by atomic mass is 10.2. The van der Waals surface area contributed by atoms with Crippen molar-refractivity contribution in [3.05, 3.63) is 29.8 Å². The standard InChI is InChI=1S/C20H25N5O2S3/c1-14(26)25(17-5-6-17)19-22-23-20(30-19)29-13-18(27)21-16-4-2-3-15(11-16)12-24-7-9-28-10-8-24/h2-4,11,17H,5-10,12-13H2,1H3,(H,21,27). The minimum absolute atomic E-state index is 0.00821. The van der Waals surface area contributed by atoms with Crippen LogP contribution in [0.15, 0.2) is 28.6 Å². The van der Waals surface area contributed by atoms with E-state index in [9.17, 15) is 9.59 Å². The molecule has 0 spiro atoms. The van der Waals surface area contributed by atoms with Gasteiger partial charge in [0, 0.05) is 49.8 Å². The number of hydrogen-bond donors (Lipinski definition) is 1. The summed E-state index contributed by atoms with van der Waals surface area (Å²) in [6.07, 6.45) is 2.03. The Morgan fingerprint density at radius 3 is 2.80 bits per heavy atom. The van der Waals surface area contributed by atoms with E-state index in [4.69, 9.17) is 0 Å². The topological polar surface area (TPSA) is 78.4 Å². The zero-order valence-electron chi connectivity index (χ0n) is 16.9. The Hall–Kier alpha value is -1.62. The Balaban J connectivity index is 1.28. The average Bonchev–Trinajstić information content (AvgIpc) is 3.44. The molecule has 30 heavy (non-hydrogen) atoms. The molecule has 1 saturated carbocycles. The number of anilines is 2. The van der Waals surface area contributed by atoms with E-state index in [-0.39, 0.29) is 23.6 Å². The maximum atomic E-state index is 12.4. The summed E-state index contributed by atoms with van der Waals surface area (Å²) >= 11 is 4.72. The monoisotopic (exact) mass is 463 g/mol. The van der Waals surface area contributed by atoms with Crippen LogP contribution in [0.25, 0.3) is 0 Å². The van der Waals surface area contributed by atoms with E-state index in [2.05, 4.69) is 26.5 Å². The van der Waals surface area contributed by atoms with Gasteiger partial charge in [0.1, 0.15) is 0 Å². The van der Waals surface area contributed by atoms with Crippen molar-refractivity contribution in [3.63, 3.8) is 0 Å². The number of rotatable bonds is 8. The average molecular weight is 464 g/mol. The first-order valence-electron chi connectivity index (χ1n) is 10.0. The zero-order valence-corrected chi connectivity index (χ0v) is 19.3. The number of hydrogen-bond acceptors (Lipinski definition) is 8. The third-order valence-electron chi connectivity index (χ3n) is 4.90. The summed E-state index contributed by atoms with van der Waals surface area (Å²) in [5, 5.41) is 11.9. The second kappa shape index (κ2) is 10.1. The van der Waals surface area contributed by atoms with Crippen molar-refractivity contribution in [2.24, 2.45) is 0 Å². The van der Waals surface area contributed by atoms with Gasteiger partial charge in [-0.25, -0.2) is 0 Å². The maximum Gasteiger partial charge on any atom is 0.234 e. The number of nitrogens with one attached hydrogen (secondary N) is 1. The largest absolute Gasteiger partial charge is 0.325 e. The van der Waals surface area contributed by atoms with Crippen molar-refractivity contribution in [1.29, 1.82) is 0 Å². The molecule has 0 bridgehead atoms. The number of nitrogens with zero attached hydrogens (tertiary/aromatic N) is 4. The van der Waals surface area contributed by atoms with Crippen LogP contribution in [0.4, 0.5) is 10.8 Å². The van der Waals surface area contributed by atoms with Gasteiger partial charge in [0.25, 0.3) is 0 Å². The fourth-order valence-corrected chi connectivity index (χ4v) is 6.06. The molecule has 1 N–H and O–H groups in total. The van der Waals surface area contributed by atoms with Crippen LogP contribution in [0.2, 0.25) is 0 Å². The molecule has 2 amide bonds. The molecule has 7 nitrogen and oxygen atoms in total. The number of thioether (sulfide) groups is 2. The second-order valence-corrected chi connectivity index (χ2v) is 10.8. The van der Waals surface area contributed by atoms with E-state index in [1.807, 2.05) is 30.0 Å². The van der Waals surface area contributed by atoms with Crippen molar-refractivity contribution in [3.8, 4) is 0 Å². The smallest absolute Gasteiger partial charge is 0.234 e. The number of amides is 2.